The summed E-state index contributed by atoms with van der Waals surface area (Å²) in [5.74, 6) is -2.21. The smallest absolute Gasteiger partial charge is 0.355 e. The summed E-state index contributed by atoms with van der Waals surface area (Å²) in [5, 5.41) is 19.7. The van der Waals surface area contributed by atoms with Gasteiger partial charge in [0.1, 0.15) is 12.1 Å². The first-order valence-corrected chi connectivity index (χ1v) is 23.8. The van der Waals surface area contributed by atoms with Gasteiger partial charge in [0.25, 0.3) is 5.91 Å². The maximum atomic E-state index is 14.6. The van der Waals surface area contributed by atoms with E-state index >= 15 is 0 Å². The molecule has 350 valence electrons. The van der Waals surface area contributed by atoms with Crippen LogP contribution in [-0.4, -0.2) is 142 Å². The van der Waals surface area contributed by atoms with E-state index in [4.69, 9.17) is 19.4 Å². The topological polar surface area (TPSA) is 175 Å². The molecule has 0 aliphatic carbocycles. The minimum atomic E-state index is -2.20. The highest BCUT2D eigenvalue weighted by molar-refractivity contribution is 7.10. The molecule has 0 radical (unpaired) electrons. The number of hydrogen-bond acceptors (Lipinski definition) is 12. The number of urea groups is 1. The van der Waals surface area contributed by atoms with Crippen LogP contribution in [0.15, 0.2) is 41.9 Å². The summed E-state index contributed by atoms with van der Waals surface area (Å²) in [6.45, 7) is 16.0. The van der Waals surface area contributed by atoms with Gasteiger partial charge in [0.05, 0.1) is 34.8 Å². The minimum absolute atomic E-state index is 0.0116. The number of likely N-dealkylation sites (tertiary alicyclic amines) is 2. The summed E-state index contributed by atoms with van der Waals surface area (Å²) < 4.78 is 14.1. The van der Waals surface area contributed by atoms with Crippen molar-refractivity contribution in [2.45, 2.75) is 104 Å². The number of likely N-dealkylation sites (N-methyl/N-ethyl adjacent to an activating group) is 1. The Morgan fingerprint density at radius 2 is 1.89 bits per heavy atom. The standard InChI is InChI=1S/C48H65N9O7S/c1-10-56-37-15-14-31-21-33(37)34(41(56)32-13-11-18-49-39(32)30(4)63-9)23-46(5,6)28-64-44(60)48(62)16-12-19-57(52-48)43(59)35(22-38-50-36(31)24-65-38)51-42(58)40(29(2)3)54(8)45(61)55-26-47(27-55)17-20-53(7)25-47/h11,13-15,18,21,24,29-30,35,40,52,62H,10,12,16-17,19-20,22-23,25-28H2,1-9H3,(H,51,58)/t30-,35-,40-,48-/m0/s1. The molecule has 8 rings (SSSR count). The fourth-order valence-corrected chi connectivity index (χ4v) is 11.3. The van der Waals surface area contributed by atoms with Gasteiger partial charge in [-0.2, -0.15) is 5.43 Å². The zero-order chi connectivity index (χ0) is 46.6. The monoisotopic (exact) mass is 911 g/mol. The molecule has 4 aliphatic rings. The maximum Gasteiger partial charge on any atom is 0.355 e. The second kappa shape index (κ2) is 18.0. The van der Waals surface area contributed by atoms with Gasteiger partial charge in [0.2, 0.25) is 11.6 Å². The first-order valence-electron chi connectivity index (χ1n) is 22.9. The number of thiazole rings is 1. The van der Waals surface area contributed by atoms with Gasteiger partial charge < -0.3 is 39.2 Å². The van der Waals surface area contributed by atoms with Gasteiger partial charge in [-0.3, -0.25) is 19.6 Å². The fraction of sp³-hybridized carbons (Fsp3) is 0.583. The predicted octanol–water partition coefficient (Wildman–Crippen LogP) is 5.24. The summed E-state index contributed by atoms with van der Waals surface area (Å²) in [5.41, 5.74) is 6.51. The summed E-state index contributed by atoms with van der Waals surface area (Å²) in [6, 6.07) is 8.05. The van der Waals surface area contributed by atoms with Crippen LogP contribution in [0.3, 0.4) is 0 Å². The van der Waals surface area contributed by atoms with Gasteiger partial charge in [-0.25, -0.2) is 14.6 Å². The summed E-state index contributed by atoms with van der Waals surface area (Å²) in [6.07, 6.45) is 3.37. The number of hydrogen-bond donors (Lipinski definition) is 3. The van der Waals surface area contributed by atoms with Crippen molar-refractivity contribution < 1.29 is 33.8 Å². The maximum absolute atomic E-state index is 14.6. The van der Waals surface area contributed by atoms with Crippen molar-refractivity contribution in [3.8, 4) is 22.5 Å². The highest BCUT2D eigenvalue weighted by atomic mass is 32.1. The zero-order valence-electron chi connectivity index (χ0n) is 39.3. The Kier molecular flexibility index (Phi) is 12.9. The Labute approximate surface area is 385 Å². The van der Waals surface area contributed by atoms with E-state index in [-0.39, 0.29) is 49.5 Å². The van der Waals surface area contributed by atoms with Crippen LogP contribution in [0.4, 0.5) is 4.79 Å². The second-order valence-corrected chi connectivity index (χ2v) is 20.9. The number of cyclic esters (lactones) is 1. The molecule has 0 saturated carbocycles. The zero-order valence-corrected chi connectivity index (χ0v) is 40.1. The quantitative estimate of drug-likeness (QED) is 0.198. The van der Waals surface area contributed by atoms with Crippen LogP contribution in [0.2, 0.25) is 0 Å². The van der Waals surface area contributed by atoms with Gasteiger partial charge in [-0.1, -0.05) is 33.8 Å². The number of methoxy groups -OCH3 is 1. The van der Waals surface area contributed by atoms with Gasteiger partial charge in [-0.05, 0) is 82.4 Å². The summed E-state index contributed by atoms with van der Waals surface area (Å²) >= 11 is 1.39. The first kappa shape index (κ1) is 46.6. The van der Waals surface area contributed by atoms with Crippen LogP contribution >= 0.6 is 11.3 Å². The normalized spacial score (nSPS) is 23.3. The summed E-state index contributed by atoms with van der Waals surface area (Å²) in [4.78, 5) is 72.4. The Morgan fingerprint density at radius 1 is 1.12 bits per heavy atom. The number of hydrazine groups is 1. The number of nitrogens with zero attached hydrogens (tertiary/aromatic N) is 7. The Bertz CT molecular complexity index is 2460. The molecule has 4 atom stereocenters. The molecule has 65 heavy (non-hydrogen) atoms. The van der Waals surface area contributed by atoms with Crippen molar-refractivity contribution in [1.29, 1.82) is 0 Å². The van der Waals surface area contributed by atoms with Crippen molar-refractivity contribution in [1.82, 2.24) is 45.0 Å². The van der Waals surface area contributed by atoms with Crippen LogP contribution in [0.5, 0.6) is 0 Å². The molecule has 0 unspecified atom stereocenters. The number of aromatic nitrogens is 3. The molecule has 4 aliphatic heterocycles. The van der Waals surface area contributed by atoms with E-state index in [1.165, 1.54) is 21.2 Å². The van der Waals surface area contributed by atoms with E-state index in [9.17, 15) is 24.3 Å². The number of nitrogens with one attached hydrogen (secondary N) is 2. The van der Waals surface area contributed by atoms with Crippen molar-refractivity contribution in [2.75, 3.05) is 60.5 Å². The number of carbonyl (C=O) groups is 4. The Balaban J connectivity index is 1.16. The van der Waals surface area contributed by atoms with Gasteiger partial charge in [0, 0.05) is 104 Å². The van der Waals surface area contributed by atoms with E-state index in [0.717, 1.165) is 64.2 Å². The largest absolute Gasteiger partial charge is 0.462 e. The number of carbonyl (C=O) groups excluding carboxylic acids is 4. The highest BCUT2D eigenvalue weighted by Gasteiger charge is 2.50. The van der Waals surface area contributed by atoms with Gasteiger partial charge in [-0.15, -0.1) is 11.3 Å². The van der Waals surface area contributed by atoms with E-state index in [1.54, 1.807) is 25.3 Å². The molecular weight excluding hydrogens is 847 g/mol. The van der Waals surface area contributed by atoms with Crippen LogP contribution in [0.1, 0.15) is 83.2 Å². The highest BCUT2D eigenvalue weighted by Crippen LogP contribution is 2.43. The minimum Gasteiger partial charge on any atom is -0.462 e. The van der Waals surface area contributed by atoms with Crippen molar-refractivity contribution in [3.05, 3.63) is 58.2 Å². The predicted molar refractivity (Wildman–Crippen MR) is 248 cm³/mol. The molecule has 3 N–H and O–H groups in total. The number of ether oxygens (including phenoxy) is 2. The van der Waals surface area contributed by atoms with Crippen molar-refractivity contribution >= 4 is 46.1 Å². The number of amides is 4. The fourth-order valence-electron chi connectivity index (χ4n) is 10.4. The molecule has 3 aromatic heterocycles. The van der Waals surface area contributed by atoms with Crippen molar-refractivity contribution in [2.24, 2.45) is 16.7 Å². The number of rotatable bonds is 8. The number of fused-ring (bicyclic) bond motifs is 6. The average Bonchev–Trinajstić information content (AvgIpc) is 3.99. The van der Waals surface area contributed by atoms with E-state index < -0.39 is 41.0 Å². The van der Waals surface area contributed by atoms with E-state index in [0.29, 0.717) is 37.5 Å². The van der Waals surface area contributed by atoms with Gasteiger partial charge >= 0.3 is 12.0 Å². The van der Waals surface area contributed by atoms with Crippen LogP contribution in [0.25, 0.3) is 33.4 Å². The molecule has 4 amide bonds. The second-order valence-electron chi connectivity index (χ2n) is 19.9. The van der Waals surface area contributed by atoms with E-state index in [2.05, 4.69) is 58.4 Å². The lowest BCUT2D eigenvalue weighted by Crippen LogP contribution is -2.68. The Hall–Kier alpha value is -4.94. The lowest BCUT2D eigenvalue weighted by Gasteiger charge is -2.49. The first-order chi connectivity index (χ1) is 30.9. The van der Waals surface area contributed by atoms with Crippen LogP contribution < -0.4 is 10.7 Å². The molecule has 7 heterocycles. The molecule has 1 aromatic carbocycles. The molecule has 1 spiro atoms. The van der Waals surface area contributed by atoms with Crippen LogP contribution in [0, 0.1) is 16.7 Å². The molecule has 17 heteroatoms. The molecule has 4 aromatic rings. The number of benzene rings is 1. The van der Waals surface area contributed by atoms with E-state index in [1.807, 2.05) is 46.1 Å². The number of aliphatic hydroxyl groups is 1. The third kappa shape index (κ3) is 9.01. The third-order valence-corrected chi connectivity index (χ3v) is 14.7. The van der Waals surface area contributed by atoms with Crippen LogP contribution in [-0.2, 0) is 43.2 Å². The number of pyridine rings is 1. The third-order valence-electron chi connectivity index (χ3n) is 13.8. The Morgan fingerprint density at radius 3 is 2.58 bits per heavy atom. The summed E-state index contributed by atoms with van der Waals surface area (Å²) in [7, 11) is 5.41. The number of esters is 1. The number of aryl methyl sites for hydroxylation is 1. The molecule has 6 bridgehead atoms. The molecule has 3 saturated heterocycles. The van der Waals surface area contributed by atoms with Crippen molar-refractivity contribution in [3.63, 3.8) is 0 Å². The lowest BCUT2D eigenvalue weighted by molar-refractivity contribution is -0.189. The average molecular weight is 912 g/mol. The van der Waals surface area contributed by atoms with Gasteiger partial charge in [0.15, 0.2) is 0 Å². The molecule has 16 nitrogen and oxygen atoms in total. The molecule has 3 fully saturated rings. The lowest BCUT2D eigenvalue weighted by atomic mass is 9.79. The SMILES string of the molecule is CCn1c(-c2cccnc2[C@H](C)OC)c2c3cc(ccc31)-c1csc(n1)C[C@H](NC(=O)[C@H](C(C)C)N(C)C(=O)N1CC3(CCN(C)C3)C1)C(=O)N1CCC[C@@](O)(N1)C(=O)OCC(C)(C)C2. The molecular formula is C48H65N9O7S.